The fourth-order valence-electron chi connectivity index (χ4n) is 3.38. The molecule has 2 heterocycles. The van der Waals surface area contributed by atoms with Gasteiger partial charge < -0.3 is 10.0 Å². The Morgan fingerprint density at radius 2 is 1.88 bits per heavy atom. The van der Waals surface area contributed by atoms with E-state index < -0.39 is 5.97 Å². The Morgan fingerprint density at radius 3 is 2.58 bits per heavy atom. The van der Waals surface area contributed by atoms with Crippen molar-refractivity contribution in [3.8, 4) is 5.69 Å². The van der Waals surface area contributed by atoms with Gasteiger partial charge in [0.15, 0.2) is 0 Å². The van der Waals surface area contributed by atoms with Gasteiger partial charge in [0, 0.05) is 23.2 Å². The maximum atomic E-state index is 11.5. The number of aryl methyl sites for hydroxylation is 1. The summed E-state index contributed by atoms with van der Waals surface area (Å²) in [7, 11) is 0. The number of carboxylic acids is 1. The number of carbonyl (C=O) groups is 1. The molecule has 1 N–H and O–H groups in total. The molecule has 0 aliphatic carbocycles. The molecule has 0 fully saturated rings. The lowest BCUT2D eigenvalue weighted by atomic mass is 10.1. The van der Waals surface area contributed by atoms with Crippen LogP contribution in [0.15, 0.2) is 42.5 Å². The lowest BCUT2D eigenvalue weighted by Crippen LogP contribution is -2.22. The van der Waals surface area contributed by atoms with Crippen molar-refractivity contribution in [3.63, 3.8) is 0 Å². The fourth-order valence-corrected chi connectivity index (χ4v) is 3.50. The normalized spacial score (nSPS) is 16.0. The summed E-state index contributed by atoms with van der Waals surface area (Å²) in [5.41, 5.74) is 2.86. The molecule has 2 aromatic carbocycles. The number of anilines is 2. The lowest BCUT2D eigenvalue weighted by molar-refractivity contribution is 0.0697. The van der Waals surface area contributed by atoms with Gasteiger partial charge in [-0.1, -0.05) is 18.5 Å². The highest BCUT2D eigenvalue weighted by Gasteiger charge is 2.28. The summed E-state index contributed by atoms with van der Waals surface area (Å²) in [6, 6.07) is 12.7. The third-order valence-corrected chi connectivity index (χ3v) is 4.89. The van der Waals surface area contributed by atoms with Crippen molar-refractivity contribution >= 4 is 28.9 Å². The van der Waals surface area contributed by atoms with Crippen LogP contribution >= 0.6 is 11.6 Å². The molecule has 0 bridgehead atoms. The van der Waals surface area contributed by atoms with Crippen molar-refractivity contribution in [1.82, 2.24) is 14.8 Å². The molecule has 0 spiro atoms. The van der Waals surface area contributed by atoms with Crippen LogP contribution in [0.1, 0.15) is 34.8 Å². The van der Waals surface area contributed by atoms with Gasteiger partial charge in [-0.3, -0.25) is 4.57 Å². The lowest BCUT2D eigenvalue weighted by Gasteiger charge is -2.26. The zero-order valence-electron chi connectivity index (χ0n) is 14.3. The van der Waals surface area contributed by atoms with Gasteiger partial charge in [0.2, 0.25) is 0 Å². The average Bonchev–Trinajstić information content (AvgIpc) is 2.95. The number of halogens is 1. The minimum Gasteiger partial charge on any atom is -0.478 e. The van der Waals surface area contributed by atoms with Crippen molar-refractivity contribution in [2.24, 2.45) is 0 Å². The molecule has 3 aromatic rings. The van der Waals surface area contributed by atoms with Gasteiger partial charge in [-0.05, 0) is 49.4 Å². The highest BCUT2D eigenvalue weighted by atomic mass is 35.5. The van der Waals surface area contributed by atoms with Crippen molar-refractivity contribution in [1.29, 1.82) is 0 Å². The van der Waals surface area contributed by atoms with E-state index in [2.05, 4.69) is 22.0 Å². The van der Waals surface area contributed by atoms with Crippen LogP contribution in [0.4, 0.5) is 11.4 Å². The van der Waals surface area contributed by atoms with Crippen LogP contribution in [0.5, 0.6) is 0 Å². The monoisotopic (exact) mass is 368 g/mol. The van der Waals surface area contributed by atoms with E-state index in [4.69, 9.17) is 11.6 Å². The van der Waals surface area contributed by atoms with Gasteiger partial charge in [0.1, 0.15) is 11.6 Å². The van der Waals surface area contributed by atoms with E-state index in [1.165, 1.54) is 0 Å². The fraction of sp³-hybridized carbons (Fsp3) is 0.211. The van der Waals surface area contributed by atoms with Crippen molar-refractivity contribution in [3.05, 3.63) is 64.7 Å². The Bertz CT molecular complexity index is 997. The average molecular weight is 369 g/mol. The second kappa shape index (κ2) is 6.14. The molecule has 4 rings (SSSR count). The quantitative estimate of drug-likeness (QED) is 0.734. The minimum absolute atomic E-state index is 0.104. The molecule has 7 heteroatoms. The SMILES string of the molecule is Cc1nnc2n1-c1ccc(C(=O)O)cc1N(c1ccc(Cl)cc1)C[C@H]2C. The number of hydrogen-bond acceptors (Lipinski definition) is 4. The molecule has 132 valence electrons. The number of fused-ring (bicyclic) bond motifs is 3. The Hall–Kier alpha value is -2.86. The number of carboxylic acid groups (broad SMARTS) is 1. The van der Waals surface area contributed by atoms with Crippen LogP contribution in [0, 0.1) is 6.92 Å². The van der Waals surface area contributed by atoms with Gasteiger partial charge in [0.05, 0.1) is 16.9 Å². The molecule has 0 saturated heterocycles. The van der Waals surface area contributed by atoms with Crippen LogP contribution in [-0.4, -0.2) is 32.4 Å². The van der Waals surface area contributed by atoms with E-state index in [1.807, 2.05) is 41.8 Å². The summed E-state index contributed by atoms with van der Waals surface area (Å²) >= 11 is 6.04. The Balaban J connectivity index is 1.98. The third-order valence-electron chi connectivity index (χ3n) is 4.64. The van der Waals surface area contributed by atoms with Crippen LogP contribution in [-0.2, 0) is 0 Å². The summed E-state index contributed by atoms with van der Waals surface area (Å²) in [5, 5.41) is 18.7. The molecule has 6 nitrogen and oxygen atoms in total. The third kappa shape index (κ3) is 2.63. The number of aromatic carboxylic acids is 1. The van der Waals surface area contributed by atoms with E-state index in [9.17, 15) is 9.90 Å². The van der Waals surface area contributed by atoms with Crippen molar-refractivity contribution in [2.75, 3.05) is 11.4 Å². The molecule has 0 unspecified atom stereocenters. The van der Waals surface area contributed by atoms with Crippen LogP contribution in [0.25, 0.3) is 5.69 Å². The van der Waals surface area contributed by atoms with Gasteiger partial charge in [-0.15, -0.1) is 10.2 Å². The van der Waals surface area contributed by atoms with Crippen LogP contribution in [0.2, 0.25) is 5.02 Å². The van der Waals surface area contributed by atoms with E-state index in [-0.39, 0.29) is 11.5 Å². The topological polar surface area (TPSA) is 71.2 Å². The van der Waals surface area contributed by atoms with Crippen molar-refractivity contribution in [2.45, 2.75) is 19.8 Å². The molecule has 1 aliphatic rings. The highest BCUT2D eigenvalue weighted by Crippen LogP contribution is 2.38. The molecular formula is C19H17ClN4O2. The number of nitrogens with zero attached hydrogens (tertiary/aromatic N) is 4. The Kier molecular flexibility index (Phi) is 3.92. The maximum Gasteiger partial charge on any atom is 0.335 e. The molecule has 1 aliphatic heterocycles. The Labute approximate surface area is 155 Å². The van der Waals surface area contributed by atoms with Gasteiger partial charge >= 0.3 is 5.97 Å². The molecule has 0 amide bonds. The van der Waals surface area contributed by atoms with Gasteiger partial charge in [-0.2, -0.15) is 0 Å². The van der Waals surface area contributed by atoms with Gasteiger partial charge in [-0.25, -0.2) is 4.79 Å². The Morgan fingerprint density at radius 1 is 1.15 bits per heavy atom. The summed E-state index contributed by atoms with van der Waals surface area (Å²) in [6.07, 6.45) is 0. The number of aromatic nitrogens is 3. The molecule has 0 radical (unpaired) electrons. The van der Waals surface area contributed by atoms with Crippen LogP contribution < -0.4 is 4.90 Å². The predicted octanol–water partition coefficient (Wildman–Crippen LogP) is 4.18. The molecule has 1 atom stereocenters. The summed E-state index contributed by atoms with van der Waals surface area (Å²) in [5.74, 6) is 0.784. The van der Waals surface area contributed by atoms with E-state index >= 15 is 0 Å². The van der Waals surface area contributed by atoms with Crippen molar-refractivity contribution < 1.29 is 9.90 Å². The molecule has 0 saturated carbocycles. The molecule has 26 heavy (non-hydrogen) atoms. The number of rotatable bonds is 2. The molecular weight excluding hydrogens is 352 g/mol. The largest absolute Gasteiger partial charge is 0.478 e. The maximum absolute atomic E-state index is 11.5. The smallest absolute Gasteiger partial charge is 0.335 e. The first kappa shape index (κ1) is 16.6. The zero-order valence-corrected chi connectivity index (χ0v) is 15.1. The van der Waals surface area contributed by atoms with Crippen LogP contribution in [0.3, 0.4) is 0 Å². The minimum atomic E-state index is -0.957. The number of hydrogen-bond donors (Lipinski definition) is 1. The van der Waals surface area contributed by atoms with E-state index in [0.29, 0.717) is 11.6 Å². The predicted molar refractivity (Wildman–Crippen MR) is 99.9 cm³/mol. The van der Waals surface area contributed by atoms with E-state index in [0.717, 1.165) is 28.7 Å². The summed E-state index contributed by atoms with van der Waals surface area (Å²) < 4.78 is 2.00. The zero-order chi connectivity index (χ0) is 18.4. The second-order valence-corrected chi connectivity index (χ2v) is 6.87. The summed E-state index contributed by atoms with van der Waals surface area (Å²) in [4.78, 5) is 13.6. The second-order valence-electron chi connectivity index (χ2n) is 6.44. The van der Waals surface area contributed by atoms with E-state index in [1.54, 1.807) is 12.1 Å². The number of benzene rings is 2. The molecule has 1 aromatic heterocycles. The first-order valence-electron chi connectivity index (χ1n) is 8.28. The first-order valence-corrected chi connectivity index (χ1v) is 8.66. The van der Waals surface area contributed by atoms with Gasteiger partial charge in [0.25, 0.3) is 0 Å². The first-order chi connectivity index (χ1) is 12.5. The highest BCUT2D eigenvalue weighted by molar-refractivity contribution is 6.30. The standard InChI is InChI=1S/C19H17ClN4O2/c1-11-10-23(15-6-4-14(20)5-7-15)17-9-13(19(25)26)3-8-16(17)24-12(2)21-22-18(11)24/h3-9,11H,10H2,1-2H3,(H,25,26)/t11-/m1/s1. The summed E-state index contributed by atoms with van der Waals surface area (Å²) in [6.45, 7) is 4.64.